The van der Waals surface area contributed by atoms with Crippen LogP contribution < -0.4 is 5.32 Å². The van der Waals surface area contributed by atoms with Gasteiger partial charge in [0, 0.05) is 16.7 Å². The van der Waals surface area contributed by atoms with Crippen molar-refractivity contribution in [2.45, 2.75) is 6.10 Å². The Morgan fingerprint density at radius 1 is 1.56 bits per heavy atom. The minimum atomic E-state index is -0.979. The lowest BCUT2D eigenvalue weighted by Gasteiger charge is -2.11. The van der Waals surface area contributed by atoms with E-state index in [0.717, 1.165) is 0 Å². The van der Waals surface area contributed by atoms with Gasteiger partial charge in [-0.25, -0.2) is 4.79 Å². The largest absolute Gasteiger partial charge is 0.478 e. The summed E-state index contributed by atoms with van der Waals surface area (Å²) in [7, 11) is 0. The normalized spacial score (nSPS) is 12.2. The lowest BCUT2D eigenvalue weighted by atomic mass is 10.2. The highest BCUT2D eigenvalue weighted by molar-refractivity contribution is 9.10. The van der Waals surface area contributed by atoms with Gasteiger partial charge in [-0.2, -0.15) is 0 Å². The fourth-order valence-electron chi connectivity index (χ4n) is 1.07. The van der Waals surface area contributed by atoms with Crippen LogP contribution in [0.2, 0.25) is 0 Å². The van der Waals surface area contributed by atoms with Crippen molar-refractivity contribution in [2.24, 2.45) is 0 Å². The van der Waals surface area contributed by atoms with Crippen LogP contribution in [0.5, 0.6) is 0 Å². The highest BCUT2D eigenvalue weighted by Gasteiger charge is 2.07. The second kappa shape index (κ2) is 6.08. The molecular formula is C10H11BrClNO3. The molecule has 0 amide bonds. The molecular weight excluding hydrogens is 297 g/mol. The first-order valence-electron chi connectivity index (χ1n) is 4.55. The summed E-state index contributed by atoms with van der Waals surface area (Å²) in [5.41, 5.74) is 0.921. The molecule has 0 saturated heterocycles. The van der Waals surface area contributed by atoms with Gasteiger partial charge in [-0.1, -0.05) is 0 Å². The van der Waals surface area contributed by atoms with Crippen LogP contribution >= 0.6 is 27.5 Å². The molecule has 3 N–H and O–H groups in total. The number of rotatable bonds is 5. The summed E-state index contributed by atoms with van der Waals surface area (Å²) in [5, 5.41) is 21.0. The number of hydrogen-bond acceptors (Lipinski definition) is 3. The van der Waals surface area contributed by atoms with Gasteiger partial charge in [-0.3, -0.25) is 0 Å². The number of carboxylic acids is 1. The molecule has 0 aliphatic rings. The Kier molecular flexibility index (Phi) is 5.05. The number of anilines is 1. The third kappa shape index (κ3) is 3.66. The van der Waals surface area contributed by atoms with Crippen LogP contribution in [0, 0.1) is 0 Å². The van der Waals surface area contributed by atoms with Crippen LogP contribution in [0.4, 0.5) is 5.69 Å². The topological polar surface area (TPSA) is 69.6 Å². The molecule has 16 heavy (non-hydrogen) atoms. The number of carbonyl (C=O) groups is 1. The fourth-order valence-corrected chi connectivity index (χ4v) is 1.70. The van der Waals surface area contributed by atoms with Gasteiger partial charge in [-0.15, -0.1) is 11.6 Å². The molecule has 0 spiro atoms. The van der Waals surface area contributed by atoms with E-state index in [1.54, 1.807) is 6.07 Å². The number of benzene rings is 1. The molecule has 0 radical (unpaired) electrons. The molecule has 6 heteroatoms. The first-order chi connectivity index (χ1) is 7.54. The van der Waals surface area contributed by atoms with Crippen LogP contribution in [0.1, 0.15) is 10.4 Å². The quantitative estimate of drug-likeness (QED) is 0.729. The van der Waals surface area contributed by atoms with Crippen molar-refractivity contribution in [3.8, 4) is 0 Å². The minimum absolute atomic E-state index is 0.151. The van der Waals surface area contributed by atoms with Gasteiger partial charge in [0.25, 0.3) is 0 Å². The average molecular weight is 309 g/mol. The van der Waals surface area contributed by atoms with Crippen LogP contribution in [0.3, 0.4) is 0 Å². The van der Waals surface area contributed by atoms with Gasteiger partial charge >= 0.3 is 5.97 Å². The molecule has 1 atom stereocenters. The van der Waals surface area contributed by atoms with Crippen LogP contribution in [0.15, 0.2) is 22.7 Å². The van der Waals surface area contributed by atoms with Crippen molar-refractivity contribution in [3.63, 3.8) is 0 Å². The average Bonchev–Trinajstić information content (AvgIpc) is 2.26. The Morgan fingerprint density at radius 2 is 2.25 bits per heavy atom. The molecule has 0 aromatic heterocycles. The van der Waals surface area contributed by atoms with Crippen molar-refractivity contribution in [1.82, 2.24) is 0 Å². The summed E-state index contributed by atoms with van der Waals surface area (Å²) in [5.74, 6) is -0.828. The van der Waals surface area contributed by atoms with Crippen LogP contribution in [0.25, 0.3) is 0 Å². The van der Waals surface area contributed by atoms with E-state index in [4.69, 9.17) is 16.7 Å². The second-order valence-corrected chi connectivity index (χ2v) is 4.35. The first kappa shape index (κ1) is 13.3. The van der Waals surface area contributed by atoms with Gasteiger partial charge in [-0.05, 0) is 34.1 Å². The molecule has 1 aromatic carbocycles. The van der Waals surface area contributed by atoms with Gasteiger partial charge in [0.15, 0.2) is 0 Å². The minimum Gasteiger partial charge on any atom is -0.478 e. The summed E-state index contributed by atoms with van der Waals surface area (Å²) >= 11 is 8.69. The van der Waals surface area contributed by atoms with Gasteiger partial charge in [0.1, 0.15) is 0 Å². The molecule has 4 nitrogen and oxygen atoms in total. The fraction of sp³-hybridized carbons (Fsp3) is 0.300. The van der Waals surface area contributed by atoms with E-state index in [-0.39, 0.29) is 11.4 Å². The summed E-state index contributed by atoms with van der Waals surface area (Å²) in [6.07, 6.45) is -0.632. The molecule has 1 rings (SSSR count). The van der Waals surface area contributed by atoms with E-state index < -0.39 is 12.1 Å². The zero-order chi connectivity index (χ0) is 12.1. The van der Waals surface area contributed by atoms with Crippen molar-refractivity contribution < 1.29 is 15.0 Å². The molecule has 0 heterocycles. The Bertz CT molecular complexity index is 386. The lowest BCUT2D eigenvalue weighted by molar-refractivity contribution is 0.0697. The van der Waals surface area contributed by atoms with Gasteiger partial charge in [0.05, 0.1) is 17.5 Å². The lowest BCUT2D eigenvalue weighted by Crippen LogP contribution is -2.20. The zero-order valence-electron chi connectivity index (χ0n) is 8.28. The summed E-state index contributed by atoms with van der Waals surface area (Å²) in [6.45, 7) is 0.314. The van der Waals surface area contributed by atoms with E-state index in [1.165, 1.54) is 12.1 Å². The molecule has 0 aliphatic heterocycles. The Morgan fingerprint density at radius 3 is 2.75 bits per heavy atom. The maximum atomic E-state index is 10.7. The van der Waals surface area contributed by atoms with Crippen molar-refractivity contribution in [3.05, 3.63) is 28.2 Å². The summed E-state index contributed by atoms with van der Waals surface area (Å²) in [6, 6.07) is 4.62. The molecule has 0 aliphatic carbocycles. The Hall–Kier alpha value is -0.780. The SMILES string of the molecule is O=C(O)c1ccc(NCC(O)CCl)c(Br)c1. The molecule has 0 bridgehead atoms. The number of carboxylic acid groups (broad SMARTS) is 1. The van der Waals surface area contributed by atoms with E-state index in [1.807, 2.05) is 0 Å². The van der Waals surface area contributed by atoms with Gasteiger partial charge < -0.3 is 15.5 Å². The van der Waals surface area contributed by atoms with Gasteiger partial charge in [0.2, 0.25) is 0 Å². The van der Waals surface area contributed by atoms with Crippen molar-refractivity contribution in [2.75, 3.05) is 17.7 Å². The third-order valence-electron chi connectivity index (χ3n) is 1.92. The maximum Gasteiger partial charge on any atom is 0.335 e. The molecule has 88 valence electrons. The third-order valence-corrected chi connectivity index (χ3v) is 2.93. The second-order valence-electron chi connectivity index (χ2n) is 3.19. The number of hydrogen-bond donors (Lipinski definition) is 3. The summed E-state index contributed by atoms with van der Waals surface area (Å²) in [4.78, 5) is 10.7. The predicted molar refractivity (Wildman–Crippen MR) is 66.3 cm³/mol. The van der Waals surface area contributed by atoms with Crippen molar-refractivity contribution in [1.29, 1.82) is 0 Å². The smallest absolute Gasteiger partial charge is 0.335 e. The number of aromatic carboxylic acids is 1. The van der Waals surface area contributed by atoms with E-state index >= 15 is 0 Å². The highest BCUT2D eigenvalue weighted by Crippen LogP contribution is 2.23. The highest BCUT2D eigenvalue weighted by atomic mass is 79.9. The van der Waals surface area contributed by atoms with E-state index in [2.05, 4.69) is 21.2 Å². The Balaban J connectivity index is 2.72. The number of aliphatic hydroxyl groups excluding tert-OH is 1. The predicted octanol–water partition coefficient (Wildman–Crippen LogP) is 2.16. The standard InChI is InChI=1S/C10H11BrClNO3/c11-8-3-6(10(15)16)1-2-9(8)13-5-7(14)4-12/h1-3,7,13-14H,4-5H2,(H,15,16). The molecule has 0 fully saturated rings. The van der Waals surface area contributed by atoms with E-state index in [0.29, 0.717) is 16.7 Å². The first-order valence-corrected chi connectivity index (χ1v) is 5.88. The molecule has 1 aromatic rings. The Labute approximate surface area is 106 Å². The maximum absolute atomic E-state index is 10.7. The number of aliphatic hydroxyl groups is 1. The molecule has 1 unspecified atom stereocenters. The number of halogens is 2. The van der Waals surface area contributed by atoms with Crippen LogP contribution in [-0.4, -0.2) is 34.7 Å². The molecule has 0 saturated carbocycles. The van der Waals surface area contributed by atoms with Crippen molar-refractivity contribution >= 4 is 39.2 Å². The monoisotopic (exact) mass is 307 g/mol. The number of nitrogens with one attached hydrogen (secondary N) is 1. The summed E-state index contributed by atoms with van der Waals surface area (Å²) < 4.78 is 0.633. The van der Waals surface area contributed by atoms with E-state index in [9.17, 15) is 9.90 Å². The van der Waals surface area contributed by atoms with Crippen LogP contribution in [-0.2, 0) is 0 Å². The zero-order valence-corrected chi connectivity index (χ0v) is 10.6. The number of alkyl halides is 1.